The van der Waals surface area contributed by atoms with Crippen LogP contribution in [0.2, 0.25) is 0 Å². The fraction of sp³-hybridized carbons (Fsp3) is 0.350. The summed E-state index contributed by atoms with van der Waals surface area (Å²) in [6, 6.07) is 10.2. The number of carbonyl (C=O) groups excluding carboxylic acids is 1. The second kappa shape index (κ2) is 10.1. The molecule has 0 heterocycles. The fourth-order valence-electron chi connectivity index (χ4n) is 2.84. The van der Waals surface area contributed by atoms with E-state index in [9.17, 15) is 23.3 Å². The zero-order chi connectivity index (χ0) is 21.4. The summed E-state index contributed by atoms with van der Waals surface area (Å²) in [5, 5.41) is 13.8. The maximum atomic E-state index is 12.5. The third-order valence-electron chi connectivity index (χ3n) is 4.41. The number of unbranched alkanes of at least 4 members (excludes halogenated alkanes) is 3. The Balaban J connectivity index is 2.07. The van der Waals surface area contributed by atoms with Gasteiger partial charge in [-0.15, -0.1) is 0 Å². The largest absolute Gasteiger partial charge is 0.322 e. The lowest BCUT2D eigenvalue weighted by atomic mass is 10.1. The smallest absolute Gasteiger partial charge is 0.285 e. The predicted octanol–water partition coefficient (Wildman–Crippen LogP) is 4.01. The molecule has 0 aliphatic carbocycles. The number of nitro benzene ring substituents is 1. The molecule has 0 aromatic heterocycles. The van der Waals surface area contributed by atoms with E-state index in [1.165, 1.54) is 30.3 Å². The van der Waals surface area contributed by atoms with Crippen molar-refractivity contribution in [1.82, 2.24) is 4.72 Å². The van der Waals surface area contributed by atoms with Crippen LogP contribution in [0.5, 0.6) is 0 Å². The highest BCUT2D eigenvalue weighted by Gasteiger charge is 2.22. The quantitative estimate of drug-likeness (QED) is 0.343. The van der Waals surface area contributed by atoms with Crippen molar-refractivity contribution in [3.63, 3.8) is 0 Å². The number of hydrogen-bond acceptors (Lipinski definition) is 5. The van der Waals surface area contributed by atoms with Crippen LogP contribution in [-0.4, -0.2) is 25.8 Å². The molecule has 9 heteroatoms. The summed E-state index contributed by atoms with van der Waals surface area (Å²) in [5.41, 5.74) is 0.415. The number of sulfonamides is 1. The number of aryl methyl sites for hydroxylation is 1. The third kappa shape index (κ3) is 6.10. The molecule has 0 radical (unpaired) electrons. The number of amides is 1. The molecule has 0 fully saturated rings. The van der Waals surface area contributed by atoms with Crippen LogP contribution in [0, 0.1) is 17.0 Å². The van der Waals surface area contributed by atoms with Gasteiger partial charge in [0, 0.05) is 17.8 Å². The summed E-state index contributed by atoms with van der Waals surface area (Å²) >= 11 is 0. The van der Waals surface area contributed by atoms with Crippen LogP contribution < -0.4 is 10.0 Å². The van der Waals surface area contributed by atoms with E-state index in [0.717, 1.165) is 25.7 Å². The Hall–Kier alpha value is -2.78. The first-order chi connectivity index (χ1) is 13.8. The van der Waals surface area contributed by atoms with E-state index in [0.29, 0.717) is 17.8 Å². The molecule has 0 spiro atoms. The monoisotopic (exact) mass is 419 g/mol. The highest BCUT2D eigenvalue weighted by molar-refractivity contribution is 7.89. The van der Waals surface area contributed by atoms with Crippen molar-refractivity contribution in [3.8, 4) is 0 Å². The number of anilines is 1. The minimum Gasteiger partial charge on any atom is -0.322 e. The van der Waals surface area contributed by atoms with Crippen LogP contribution in [0.25, 0.3) is 0 Å². The average Bonchev–Trinajstić information content (AvgIpc) is 2.67. The van der Waals surface area contributed by atoms with Gasteiger partial charge in [-0.2, -0.15) is 0 Å². The first kappa shape index (κ1) is 22.5. The molecule has 2 rings (SSSR count). The number of para-hydroxylation sites is 1. The van der Waals surface area contributed by atoms with Crippen LogP contribution in [0.4, 0.5) is 11.4 Å². The average molecular weight is 420 g/mol. The van der Waals surface area contributed by atoms with Gasteiger partial charge >= 0.3 is 0 Å². The molecule has 0 bridgehead atoms. The predicted molar refractivity (Wildman–Crippen MR) is 112 cm³/mol. The van der Waals surface area contributed by atoms with Gasteiger partial charge in [0.05, 0.1) is 9.82 Å². The van der Waals surface area contributed by atoms with Crippen LogP contribution in [-0.2, 0) is 10.0 Å². The Morgan fingerprint density at radius 3 is 2.38 bits per heavy atom. The molecule has 0 aliphatic rings. The minimum atomic E-state index is -3.62. The van der Waals surface area contributed by atoms with Gasteiger partial charge in [0.1, 0.15) is 5.56 Å². The Labute approximate surface area is 170 Å². The van der Waals surface area contributed by atoms with E-state index in [-0.39, 0.29) is 16.1 Å². The maximum absolute atomic E-state index is 12.5. The van der Waals surface area contributed by atoms with Gasteiger partial charge < -0.3 is 5.32 Å². The van der Waals surface area contributed by atoms with E-state index in [1.54, 1.807) is 19.1 Å². The van der Waals surface area contributed by atoms with Crippen molar-refractivity contribution >= 4 is 27.3 Å². The first-order valence-electron chi connectivity index (χ1n) is 9.41. The number of hydrogen-bond donors (Lipinski definition) is 2. The van der Waals surface area contributed by atoms with Crippen LogP contribution in [0.15, 0.2) is 47.4 Å². The van der Waals surface area contributed by atoms with Crippen molar-refractivity contribution in [2.45, 2.75) is 44.4 Å². The standard InChI is InChI=1S/C20H25N3O5S/c1-3-4-5-6-14-21-29(27,28)17-12-10-16(11-13-17)22-20(24)18-9-7-8-15(2)19(18)23(25)26/h7-13,21H,3-6,14H2,1-2H3,(H,22,24). The van der Waals surface area contributed by atoms with E-state index >= 15 is 0 Å². The number of nitrogens with zero attached hydrogens (tertiary/aromatic N) is 1. The molecule has 8 nitrogen and oxygen atoms in total. The summed E-state index contributed by atoms with van der Waals surface area (Å²) in [4.78, 5) is 23.2. The van der Waals surface area contributed by atoms with Crippen LogP contribution in [0.3, 0.4) is 0 Å². The van der Waals surface area contributed by atoms with Gasteiger partial charge in [0.25, 0.3) is 11.6 Å². The van der Waals surface area contributed by atoms with Gasteiger partial charge in [-0.25, -0.2) is 13.1 Å². The van der Waals surface area contributed by atoms with E-state index in [1.807, 2.05) is 0 Å². The molecule has 0 saturated carbocycles. The van der Waals surface area contributed by atoms with E-state index < -0.39 is 20.9 Å². The molecule has 0 saturated heterocycles. The van der Waals surface area contributed by atoms with Crippen molar-refractivity contribution in [2.75, 3.05) is 11.9 Å². The van der Waals surface area contributed by atoms with Gasteiger partial charge in [-0.3, -0.25) is 14.9 Å². The molecule has 0 atom stereocenters. The fourth-order valence-corrected chi connectivity index (χ4v) is 3.92. The molecule has 29 heavy (non-hydrogen) atoms. The van der Waals surface area contributed by atoms with Gasteiger partial charge in [0.2, 0.25) is 10.0 Å². The first-order valence-corrected chi connectivity index (χ1v) is 10.9. The number of benzene rings is 2. The number of nitrogens with one attached hydrogen (secondary N) is 2. The zero-order valence-corrected chi connectivity index (χ0v) is 17.3. The van der Waals surface area contributed by atoms with E-state index in [2.05, 4.69) is 17.0 Å². The SMILES string of the molecule is CCCCCCNS(=O)(=O)c1ccc(NC(=O)c2cccc(C)c2[N+](=O)[O-])cc1. The topological polar surface area (TPSA) is 118 Å². The lowest BCUT2D eigenvalue weighted by Crippen LogP contribution is -2.24. The van der Waals surface area contributed by atoms with Crippen molar-refractivity contribution in [1.29, 1.82) is 0 Å². The van der Waals surface area contributed by atoms with Gasteiger partial charge in [-0.05, 0) is 43.7 Å². The molecule has 1 amide bonds. The second-order valence-corrected chi connectivity index (χ2v) is 8.43. The van der Waals surface area contributed by atoms with Crippen molar-refractivity contribution < 1.29 is 18.1 Å². The summed E-state index contributed by atoms with van der Waals surface area (Å²) in [5.74, 6) is -0.634. The lowest BCUT2D eigenvalue weighted by molar-refractivity contribution is -0.385. The Bertz CT molecular complexity index is 972. The molecular weight excluding hydrogens is 394 g/mol. The Kier molecular flexibility index (Phi) is 7.86. The molecule has 0 unspecified atom stereocenters. The van der Waals surface area contributed by atoms with Crippen molar-refractivity contribution in [2.24, 2.45) is 0 Å². The number of nitro groups is 1. The second-order valence-electron chi connectivity index (χ2n) is 6.67. The van der Waals surface area contributed by atoms with Gasteiger partial charge in [0.15, 0.2) is 0 Å². The zero-order valence-electron chi connectivity index (χ0n) is 16.5. The third-order valence-corrected chi connectivity index (χ3v) is 5.89. The van der Waals surface area contributed by atoms with Crippen LogP contribution in [0.1, 0.15) is 48.5 Å². The molecular formula is C20H25N3O5S. The summed E-state index contributed by atoms with van der Waals surface area (Å²) in [6.45, 7) is 4.02. The summed E-state index contributed by atoms with van der Waals surface area (Å²) < 4.78 is 27.2. The van der Waals surface area contributed by atoms with Gasteiger partial charge in [-0.1, -0.05) is 38.3 Å². The summed E-state index contributed by atoms with van der Waals surface area (Å²) in [7, 11) is -3.62. The van der Waals surface area contributed by atoms with Crippen LogP contribution >= 0.6 is 0 Å². The Morgan fingerprint density at radius 2 is 1.76 bits per heavy atom. The molecule has 2 aromatic carbocycles. The number of rotatable bonds is 10. The molecule has 2 aromatic rings. The minimum absolute atomic E-state index is 0.0551. The summed E-state index contributed by atoms with van der Waals surface area (Å²) in [6.07, 6.45) is 3.88. The highest BCUT2D eigenvalue weighted by Crippen LogP contribution is 2.24. The maximum Gasteiger partial charge on any atom is 0.285 e. The molecule has 156 valence electrons. The normalized spacial score (nSPS) is 11.2. The highest BCUT2D eigenvalue weighted by atomic mass is 32.2. The Morgan fingerprint density at radius 1 is 1.07 bits per heavy atom. The lowest BCUT2D eigenvalue weighted by Gasteiger charge is -2.09. The molecule has 0 aliphatic heterocycles. The number of carbonyl (C=O) groups is 1. The van der Waals surface area contributed by atoms with Crippen molar-refractivity contribution in [3.05, 3.63) is 63.7 Å². The molecule has 2 N–H and O–H groups in total. The van der Waals surface area contributed by atoms with E-state index in [4.69, 9.17) is 0 Å².